The van der Waals surface area contributed by atoms with Crippen LogP contribution in [0.1, 0.15) is 38.2 Å². The van der Waals surface area contributed by atoms with Gasteiger partial charge in [-0.2, -0.15) is 0 Å². The predicted octanol–water partition coefficient (Wildman–Crippen LogP) is 2.84. The average Bonchev–Trinajstić information content (AvgIpc) is 2.16. The van der Waals surface area contributed by atoms with Crippen molar-refractivity contribution in [1.82, 2.24) is 9.97 Å². The molecule has 1 unspecified atom stereocenters. The maximum Gasteiger partial charge on any atom is 0.129 e. The van der Waals surface area contributed by atoms with Crippen LogP contribution in [0.5, 0.6) is 0 Å². The smallest absolute Gasteiger partial charge is 0.129 e. The molecule has 0 fully saturated rings. The van der Waals surface area contributed by atoms with Gasteiger partial charge in [0.25, 0.3) is 0 Å². The lowest BCUT2D eigenvalue weighted by atomic mass is 10.1. The van der Waals surface area contributed by atoms with Gasteiger partial charge in [0.1, 0.15) is 10.5 Å². The van der Waals surface area contributed by atoms with Crippen molar-refractivity contribution in [2.45, 2.75) is 39.2 Å². The lowest BCUT2D eigenvalue weighted by Gasteiger charge is -2.11. The molecular weight excluding hydrogens is 208 g/mol. The van der Waals surface area contributed by atoms with Crippen LogP contribution >= 0.6 is 12.2 Å². The van der Waals surface area contributed by atoms with Gasteiger partial charge < -0.3 is 9.72 Å². The highest BCUT2D eigenvalue weighted by Crippen LogP contribution is 2.12. The summed E-state index contributed by atoms with van der Waals surface area (Å²) in [6.07, 6.45) is 0.923. The molecule has 1 rings (SSSR count). The van der Waals surface area contributed by atoms with Crippen LogP contribution in [-0.4, -0.2) is 23.2 Å². The number of H-pyrrole nitrogens is 1. The molecule has 0 bridgehead atoms. The monoisotopic (exact) mass is 226 g/mol. The minimum Gasteiger partial charge on any atom is -0.381 e. The van der Waals surface area contributed by atoms with Gasteiger partial charge >= 0.3 is 0 Å². The van der Waals surface area contributed by atoms with Gasteiger partial charge in [0.05, 0.1) is 6.10 Å². The zero-order chi connectivity index (χ0) is 11.4. The summed E-state index contributed by atoms with van der Waals surface area (Å²) in [6.45, 7) is 6.27. The number of ether oxygens (including phenoxy) is 1. The average molecular weight is 226 g/mol. The molecule has 0 spiro atoms. The highest BCUT2D eigenvalue weighted by atomic mass is 32.1. The third-order valence-electron chi connectivity index (χ3n) is 2.32. The van der Waals surface area contributed by atoms with Crippen molar-refractivity contribution < 1.29 is 4.74 Å². The van der Waals surface area contributed by atoms with Crippen molar-refractivity contribution in [3.05, 3.63) is 22.2 Å². The topological polar surface area (TPSA) is 37.9 Å². The molecule has 1 aromatic heterocycles. The van der Waals surface area contributed by atoms with E-state index in [1.807, 2.05) is 13.0 Å². The second-order valence-electron chi connectivity index (χ2n) is 4.03. The lowest BCUT2D eigenvalue weighted by molar-refractivity contribution is 0.117. The quantitative estimate of drug-likeness (QED) is 0.802. The van der Waals surface area contributed by atoms with Crippen LogP contribution in [-0.2, 0) is 11.2 Å². The lowest BCUT2D eigenvalue weighted by Crippen LogP contribution is -2.12. The van der Waals surface area contributed by atoms with Gasteiger partial charge in [0.15, 0.2) is 0 Å². The highest BCUT2D eigenvalue weighted by Gasteiger charge is 2.06. The van der Waals surface area contributed by atoms with E-state index >= 15 is 0 Å². The number of rotatable bonds is 4. The molecule has 0 amide bonds. The fourth-order valence-electron chi connectivity index (χ4n) is 1.29. The van der Waals surface area contributed by atoms with Crippen molar-refractivity contribution in [2.75, 3.05) is 7.11 Å². The second kappa shape index (κ2) is 5.37. The van der Waals surface area contributed by atoms with Gasteiger partial charge in [0.2, 0.25) is 0 Å². The number of methoxy groups -OCH3 is 1. The molecule has 0 saturated heterocycles. The zero-order valence-corrected chi connectivity index (χ0v) is 10.5. The van der Waals surface area contributed by atoms with Gasteiger partial charge in [-0.3, -0.25) is 0 Å². The molecule has 84 valence electrons. The van der Waals surface area contributed by atoms with E-state index in [9.17, 15) is 0 Å². The van der Waals surface area contributed by atoms with Gasteiger partial charge in [-0.05, 0) is 18.9 Å². The summed E-state index contributed by atoms with van der Waals surface area (Å²) in [5, 5.41) is 0. The van der Waals surface area contributed by atoms with Crippen LogP contribution in [0.3, 0.4) is 0 Å². The van der Waals surface area contributed by atoms with Crippen molar-refractivity contribution in [3.8, 4) is 0 Å². The molecule has 1 N–H and O–H groups in total. The van der Waals surface area contributed by atoms with Crippen molar-refractivity contribution in [3.63, 3.8) is 0 Å². The van der Waals surface area contributed by atoms with E-state index in [-0.39, 0.29) is 6.10 Å². The molecule has 1 heterocycles. The minimum absolute atomic E-state index is 0.158. The molecule has 4 heteroatoms. The first kappa shape index (κ1) is 12.3. The molecule has 0 aromatic carbocycles. The maximum absolute atomic E-state index is 5.20. The number of hydrogen-bond donors (Lipinski definition) is 1. The summed E-state index contributed by atoms with van der Waals surface area (Å²) in [5.74, 6) is 1.34. The Morgan fingerprint density at radius 3 is 2.67 bits per heavy atom. The van der Waals surface area contributed by atoms with Crippen molar-refractivity contribution in [1.29, 1.82) is 0 Å². The fraction of sp³-hybridized carbons (Fsp3) is 0.636. The van der Waals surface area contributed by atoms with Crippen molar-refractivity contribution >= 4 is 12.2 Å². The second-order valence-corrected chi connectivity index (χ2v) is 4.44. The SMILES string of the molecule is COC(C)Cc1nc(=S)cc(C(C)C)[nH]1. The van der Waals surface area contributed by atoms with E-state index in [2.05, 4.69) is 23.8 Å². The van der Waals surface area contributed by atoms with Crippen LogP contribution in [0, 0.1) is 4.64 Å². The van der Waals surface area contributed by atoms with Crippen molar-refractivity contribution in [2.24, 2.45) is 0 Å². The van der Waals surface area contributed by atoms with Crippen LogP contribution in [0.2, 0.25) is 0 Å². The van der Waals surface area contributed by atoms with E-state index in [0.29, 0.717) is 10.6 Å². The molecule has 0 aliphatic heterocycles. The van der Waals surface area contributed by atoms with Gasteiger partial charge in [-0.25, -0.2) is 4.98 Å². The number of aromatic nitrogens is 2. The highest BCUT2D eigenvalue weighted by molar-refractivity contribution is 7.71. The molecule has 0 radical (unpaired) electrons. The Hall–Kier alpha value is -0.740. The first-order valence-electron chi connectivity index (χ1n) is 5.16. The summed E-state index contributed by atoms with van der Waals surface area (Å²) in [6, 6.07) is 1.92. The first-order valence-corrected chi connectivity index (χ1v) is 5.56. The molecule has 0 saturated carbocycles. The number of aromatic amines is 1. The molecule has 0 aliphatic carbocycles. The molecule has 1 aromatic rings. The minimum atomic E-state index is 0.158. The predicted molar refractivity (Wildman–Crippen MR) is 63.7 cm³/mol. The standard InChI is InChI=1S/C11H18N2OS/c1-7(2)9-6-11(15)13-10(12-9)5-8(3)14-4/h6-8H,5H2,1-4H3,(H,12,13,15). The molecule has 0 aliphatic rings. The Morgan fingerprint density at radius 2 is 2.13 bits per heavy atom. The summed E-state index contributed by atoms with van der Waals surface area (Å²) in [5.41, 5.74) is 1.13. The van der Waals surface area contributed by atoms with E-state index in [1.54, 1.807) is 7.11 Å². The van der Waals surface area contributed by atoms with Crippen LogP contribution in [0.4, 0.5) is 0 Å². The van der Waals surface area contributed by atoms with Crippen LogP contribution in [0.25, 0.3) is 0 Å². The molecule has 1 atom stereocenters. The van der Waals surface area contributed by atoms with E-state index in [0.717, 1.165) is 17.9 Å². The van der Waals surface area contributed by atoms with E-state index < -0.39 is 0 Å². The Balaban J connectivity index is 2.94. The Kier molecular flexibility index (Phi) is 4.42. The Labute approximate surface area is 95.9 Å². The zero-order valence-electron chi connectivity index (χ0n) is 9.70. The number of hydrogen-bond acceptors (Lipinski definition) is 3. The largest absolute Gasteiger partial charge is 0.381 e. The summed E-state index contributed by atoms with van der Waals surface area (Å²) >= 11 is 5.12. The van der Waals surface area contributed by atoms with E-state index in [1.165, 1.54) is 0 Å². The molecule has 3 nitrogen and oxygen atoms in total. The normalized spacial score (nSPS) is 13.1. The first-order chi connectivity index (χ1) is 7.02. The van der Waals surface area contributed by atoms with Crippen LogP contribution < -0.4 is 0 Å². The third-order valence-corrected chi connectivity index (χ3v) is 2.53. The number of nitrogens with one attached hydrogen (secondary N) is 1. The summed E-state index contributed by atoms with van der Waals surface area (Å²) in [7, 11) is 1.70. The Bertz CT molecular complexity index is 373. The third kappa shape index (κ3) is 3.72. The van der Waals surface area contributed by atoms with Gasteiger partial charge in [0, 0.05) is 19.2 Å². The molecule has 15 heavy (non-hydrogen) atoms. The van der Waals surface area contributed by atoms with Gasteiger partial charge in [-0.15, -0.1) is 0 Å². The van der Waals surface area contributed by atoms with Gasteiger partial charge in [-0.1, -0.05) is 26.1 Å². The summed E-state index contributed by atoms with van der Waals surface area (Å²) in [4.78, 5) is 7.58. The van der Waals surface area contributed by atoms with E-state index in [4.69, 9.17) is 17.0 Å². The molecular formula is C11H18N2OS. The maximum atomic E-state index is 5.20. The number of nitrogens with zero attached hydrogens (tertiary/aromatic N) is 1. The Morgan fingerprint density at radius 1 is 1.47 bits per heavy atom. The summed E-state index contributed by atoms with van der Waals surface area (Å²) < 4.78 is 5.85. The fourth-order valence-corrected chi connectivity index (χ4v) is 1.53. The van der Waals surface area contributed by atoms with Crippen LogP contribution in [0.15, 0.2) is 6.07 Å².